The van der Waals surface area contributed by atoms with Crippen LogP contribution in [-0.4, -0.2) is 42.5 Å². The van der Waals surface area contributed by atoms with Gasteiger partial charge in [-0.15, -0.1) is 0 Å². The maximum Gasteiger partial charge on any atom is 0.111 e. The molecule has 0 saturated carbocycles. The minimum Gasteiger partial charge on any atom is -0.375 e. The molecule has 1 N–H and O–H groups in total. The lowest BCUT2D eigenvalue weighted by atomic mass is 10.2. The van der Waals surface area contributed by atoms with Gasteiger partial charge < -0.3 is 19.4 Å². The van der Waals surface area contributed by atoms with Crippen molar-refractivity contribution >= 4 is 0 Å². The van der Waals surface area contributed by atoms with Crippen LogP contribution >= 0.6 is 0 Å². The van der Waals surface area contributed by atoms with Crippen molar-refractivity contribution < 1.29 is 9.47 Å². The summed E-state index contributed by atoms with van der Waals surface area (Å²) in [5.41, 5.74) is 2.15. The number of nitrogens with one attached hydrogen (secondary N) is 1. The third-order valence-electron chi connectivity index (χ3n) is 2.83. The van der Waals surface area contributed by atoms with Gasteiger partial charge in [-0.2, -0.15) is 0 Å². The summed E-state index contributed by atoms with van der Waals surface area (Å²) in [4.78, 5) is 4.19. The SMILES string of the molecule is C=C(C)COCCn1cncc1C1CNCCO1. The van der Waals surface area contributed by atoms with Gasteiger partial charge in [0.15, 0.2) is 0 Å². The molecule has 100 valence electrons. The highest BCUT2D eigenvalue weighted by molar-refractivity contribution is 5.04. The number of hydrogen-bond donors (Lipinski definition) is 1. The molecule has 1 aliphatic rings. The second kappa shape index (κ2) is 6.68. The number of imidazole rings is 1. The molecule has 1 aromatic heterocycles. The summed E-state index contributed by atoms with van der Waals surface area (Å²) >= 11 is 0. The van der Waals surface area contributed by atoms with Crippen LogP contribution in [0.5, 0.6) is 0 Å². The third kappa shape index (κ3) is 3.66. The van der Waals surface area contributed by atoms with Crippen molar-refractivity contribution in [1.82, 2.24) is 14.9 Å². The fraction of sp³-hybridized carbons (Fsp3) is 0.615. The molecule has 1 aromatic rings. The monoisotopic (exact) mass is 251 g/mol. The summed E-state index contributed by atoms with van der Waals surface area (Å²) in [6.07, 6.45) is 3.80. The summed E-state index contributed by atoms with van der Waals surface area (Å²) in [5.74, 6) is 0. The quantitative estimate of drug-likeness (QED) is 0.608. The number of aromatic nitrogens is 2. The predicted molar refractivity (Wildman–Crippen MR) is 69.4 cm³/mol. The molecule has 0 aliphatic carbocycles. The van der Waals surface area contributed by atoms with Gasteiger partial charge >= 0.3 is 0 Å². The van der Waals surface area contributed by atoms with Crippen LogP contribution in [0.25, 0.3) is 0 Å². The van der Waals surface area contributed by atoms with E-state index in [-0.39, 0.29) is 6.10 Å². The molecule has 0 bridgehead atoms. The number of morpholine rings is 1. The molecule has 0 radical (unpaired) electrons. The van der Waals surface area contributed by atoms with Crippen molar-refractivity contribution in [2.45, 2.75) is 19.6 Å². The van der Waals surface area contributed by atoms with E-state index in [2.05, 4.69) is 21.4 Å². The Morgan fingerprint density at radius 3 is 3.33 bits per heavy atom. The van der Waals surface area contributed by atoms with Crippen LogP contribution in [0.15, 0.2) is 24.7 Å². The first-order valence-corrected chi connectivity index (χ1v) is 6.32. The van der Waals surface area contributed by atoms with Crippen LogP contribution in [0.2, 0.25) is 0 Å². The fourth-order valence-corrected chi connectivity index (χ4v) is 1.95. The van der Waals surface area contributed by atoms with Gasteiger partial charge in [-0.05, 0) is 6.92 Å². The average molecular weight is 251 g/mol. The Morgan fingerprint density at radius 2 is 2.61 bits per heavy atom. The highest BCUT2D eigenvalue weighted by atomic mass is 16.5. The Balaban J connectivity index is 1.85. The van der Waals surface area contributed by atoms with Gasteiger partial charge in [-0.25, -0.2) is 4.98 Å². The molecule has 2 rings (SSSR count). The predicted octanol–water partition coefficient (Wildman–Crippen LogP) is 1.14. The van der Waals surface area contributed by atoms with E-state index in [0.717, 1.165) is 37.5 Å². The minimum absolute atomic E-state index is 0.0994. The van der Waals surface area contributed by atoms with Crippen LogP contribution in [0.3, 0.4) is 0 Å². The van der Waals surface area contributed by atoms with Crippen molar-refractivity contribution in [3.8, 4) is 0 Å². The molecule has 1 aliphatic heterocycles. The highest BCUT2D eigenvalue weighted by Gasteiger charge is 2.19. The zero-order valence-corrected chi connectivity index (χ0v) is 10.9. The van der Waals surface area contributed by atoms with E-state index in [1.54, 1.807) is 0 Å². The smallest absolute Gasteiger partial charge is 0.111 e. The van der Waals surface area contributed by atoms with Crippen LogP contribution in [0.4, 0.5) is 0 Å². The molecule has 1 atom stereocenters. The Morgan fingerprint density at radius 1 is 1.72 bits per heavy atom. The zero-order chi connectivity index (χ0) is 12.8. The Bertz CT molecular complexity index is 383. The van der Waals surface area contributed by atoms with Crippen LogP contribution in [-0.2, 0) is 16.0 Å². The lowest BCUT2D eigenvalue weighted by molar-refractivity contribution is 0.0219. The van der Waals surface area contributed by atoms with E-state index in [4.69, 9.17) is 9.47 Å². The molecule has 0 amide bonds. The van der Waals surface area contributed by atoms with Gasteiger partial charge in [0.1, 0.15) is 6.10 Å². The van der Waals surface area contributed by atoms with E-state index >= 15 is 0 Å². The molecular formula is C13H21N3O2. The van der Waals surface area contributed by atoms with E-state index in [1.165, 1.54) is 0 Å². The standard InChI is InChI=1S/C13H21N3O2/c1-11(2)9-17-6-4-16-10-15-7-12(16)13-8-14-3-5-18-13/h7,10,13-14H,1,3-6,8-9H2,2H3. The molecule has 1 fully saturated rings. The molecule has 2 heterocycles. The summed E-state index contributed by atoms with van der Waals surface area (Å²) in [7, 11) is 0. The molecule has 1 saturated heterocycles. The van der Waals surface area contributed by atoms with Crippen LogP contribution in [0.1, 0.15) is 18.7 Å². The number of rotatable bonds is 6. The van der Waals surface area contributed by atoms with Crippen LogP contribution < -0.4 is 5.32 Å². The van der Waals surface area contributed by atoms with E-state index in [1.807, 2.05) is 19.4 Å². The van der Waals surface area contributed by atoms with Gasteiger partial charge in [0, 0.05) is 19.6 Å². The second-order valence-electron chi connectivity index (χ2n) is 4.59. The van der Waals surface area contributed by atoms with Gasteiger partial charge in [0.2, 0.25) is 0 Å². The number of ether oxygens (including phenoxy) is 2. The topological polar surface area (TPSA) is 48.3 Å². The van der Waals surface area contributed by atoms with Crippen molar-refractivity contribution in [2.24, 2.45) is 0 Å². The molecule has 5 heteroatoms. The maximum absolute atomic E-state index is 5.73. The Hall–Kier alpha value is -1.17. The van der Waals surface area contributed by atoms with Gasteiger partial charge in [-0.3, -0.25) is 0 Å². The molecule has 18 heavy (non-hydrogen) atoms. The average Bonchev–Trinajstić information content (AvgIpc) is 2.84. The molecule has 1 unspecified atom stereocenters. The van der Waals surface area contributed by atoms with E-state index < -0.39 is 0 Å². The lowest BCUT2D eigenvalue weighted by Gasteiger charge is -2.24. The Labute approximate surface area is 108 Å². The molecular weight excluding hydrogens is 230 g/mol. The lowest BCUT2D eigenvalue weighted by Crippen LogP contribution is -2.34. The zero-order valence-electron chi connectivity index (χ0n) is 10.9. The molecule has 5 nitrogen and oxygen atoms in total. The third-order valence-corrected chi connectivity index (χ3v) is 2.83. The normalized spacial score (nSPS) is 19.9. The van der Waals surface area contributed by atoms with Crippen molar-refractivity contribution in [2.75, 3.05) is 32.9 Å². The van der Waals surface area contributed by atoms with E-state index in [9.17, 15) is 0 Å². The van der Waals surface area contributed by atoms with Crippen molar-refractivity contribution in [1.29, 1.82) is 0 Å². The van der Waals surface area contributed by atoms with E-state index in [0.29, 0.717) is 13.2 Å². The highest BCUT2D eigenvalue weighted by Crippen LogP contribution is 2.18. The maximum atomic E-state index is 5.73. The van der Waals surface area contributed by atoms with Gasteiger partial charge in [0.25, 0.3) is 0 Å². The Kier molecular flexibility index (Phi) is 4.92. The van der Waals surface area contributed by atoms with Crippen molar-refractivity contribution in [3.63, 3.8) is 0 Å². The summed E-state index contributed by atoms with van der Waals surface area (Å²) in [6, 6.07) is 0. The molecule has 0 aromatic carbocycles. The first kappa shape index (κ1) is 13.3. The van der Waals surface area contributed by atoms with Gasteiger partial charge in [0.05, 0.1) is 38.0 Å². The number of nitrogens with zero attached hydrogens (tertiary/aromatic N) is 2. The first-order valence-electron chi connectivity index (χ1n) is 6.32. The largest absolute Gasteiger partial charge is 0.375 e. The van der Waals surface area contributed by atoms with Crippen LogP contribution in [0, 0.1) is 0 Å². The van der Waals surface area contributed by atoms with Gasteiger partial charge in [-0.1, -0.05) is 12.2 Å². The summed E-state index contributed by atoms with van der Waals surface area (Å²) in [5, 5.41) is 3.32. The summed E-state index contributed by atoms with van der Waals surface area (Å²) in [6.45, 7) is 10.4. The molecule has 0 spiro atoms. The summed E-state index contributed by atoms with van der Waals surface area (Å²) < 4.78 is 13.3. The fourth-order valence-electron chi connectivity index (χ4n) is 1.95. The first-order chi connectivity index (χ1) is 8.77. The van der Waals surface area contributed by atoms with Crippen molar-refractivity contribution in [3.05, 3.63) is 30.4 Å². The minimum atomic E-state index is 0.0994. The second-order valence-corrected chi connectivity index (χ2v) is 4.59. The number of hydrogen-bond acceptors (Lipinski definition) is 4.